The molecule has 3 atom stereocenters. The van der Waals surface area contributed by atoms with E-state index in [1.165, 1.54) is 29.2 Å². The number of para-hydroxylation sites is 1. The Morgan fingerprint density at radius 2 is 1.69 bits per heavy atom. The minimum atomic E-state index is -0.657. The van der Waals surface area contributed by atoms with Crippen molar-refractivity contribution in [2.75, 3.05) is 4.90 Å². The number of hydrogen-bond donors (Lipinski definition) is 1. The van der Waals surface area contributed by atoms with Crippen LogP contribution in [-0.4, -0.2) is 23.8 Å². The second-order valence-corrected chi connectivity index (χ2v) is 7.55. The molecule has 2 aromatic carbocycles. The molecular weight excluding hydrogens is 371 g/mol. The third-order valence-electron chi connectivity index (χ3n) is 5.66. The second-order valence-electron chi connectivity index (χ2n) is 7.55. The van der Waals surface area contributed by atoms with Crippen LogP contribution < -0.4 is 10.2 Å². The summed E-state index contributed by atoms with van der Waals surface area (Å²) in [7, 11) is 0. The van der Waals surface area contributed by atoms with Crippen molar-refractivity contribution >= 4 is 23.4 Å². The van der Waals surface area contributed by atoms with Crippen LogP contribution in [0, 0.1) is 31.5 Å². The Kier molecular flexibility index (Phi) is 4.78. The van der Waals surface area contributed by atoms with Gasteiger partial charge in [-0.15, -0.1) is 0 Å². The number of carbonyl (C=O) groups excluding carboxylic acids is 3. The van der Waals surface area contributed by atoms with Crippen molar-refractivity contribution in [3.05, 3.63) is 77.1 Å². The van der Waals surface area contributed by atoms with Crippen LogP contribution >= 0.6 is 0 Å². The summed E-state index contributed by atoms with van der Waals surface area (Å²) in [5.74, 6) is -2.54. The Morgan fingerprint density at radius 3 is 2.34 bits per heavy atom. The van der Waals surface area contributed by atoms with Gasteiger partial charge >= 0.3 is 0 Å². The van der Waals surface area contributed by atoms with Gasteiger partial charge < -0.3 is 5.32 Å². The van der Waals surface area contributed by atoms with Crippen molar-refractivity contribution in [2.45, 2.75) is 26.3 Å². The van der Waals surface area contributed by atoms with Crippen molar-refractivity contribution in [1.29, 1.82) is 0 Å². The van der Waals surface area contributed by atoms with Crippen LogP contribution in [0.15, 0.2) is 54.6 Å². The molecule has 0 unspecified atom stereocenters. The minimum Gasteiger partial charge on any atom is -0.345 e. The fraction of sp³-hybridized carbons (Fsp3) is 0.261. The van der Waals surface area contributed by atoms with Gasteiger partial charge in [0.25, 0.3) is 5.91 Å². The lowest BCUT2D eigenvalue weighted by atomic mass is 9.81. The van der Waals surface area contributed by atoms with E-state index in [1.807, 2.05) is 38.1 Å². The molecule has 2 aliphatic rings. The molecule has 5 nitrogen and oxygen atoms in total. The summed E-state index contributed by atoms with van der Waals surface area (Å²) < 4.78 is 13.1. The molecule has 0 bridgehead atoms. The highest BCUT2D eigenvalue weighted by Crippen LogP contribution is 2.40. The predicted molar refractivity (Wildman–Crippen MR) is 107 cm³/mol. The molecular formula is C23H21FN2O3. The average molecular weight is 392 g/mol. The molecule has 29 heavy (non-hydrogen) atoms. The summed E-state index contributed by atoms with van der Waals surface area (Å²) >= 11 is 0. The van der Waals surface area contributed by atoms with Crippen molar-refractivity contribution in [2.24, 2.45) is 11.8 Å². The molecule has 0 saturated carbocycles. The van der Waals surface area contributed by atoms with E-state index in [2.05, 4.69) is 5.32 Å². The number of benzene rings is 2. The zero-order chi connectivity index (χ0) is 20.7. The molecule has 2 aromatic rings. The number of carbonyl (C=O) groups is 3. The lowest BCUT2D eigenvalue weighted by molar-refractivity contribution is -0.122. The smallest absolute Gasteiger partial charge is 0.251 e. The molecule has 1 N–H and O–H groups in total. The highest BCUT2D eigenvalue weighted by atomic mass is 19.1. The normalized spacial score (nSPS) is 23.3. The van der Waals surface area contributed by atoms with Crippen molar-refractivity contribution < 1.29 is 18.8 Å². The number of imide groups is 1. The molecule has 1 aliphatic heterocycles. The van der Waals surface area contributed by atoms with Crippen LogP contribution in [0.3, 0.4) is 0 Å². The Morgan fingerprint density at radius 1 is 1.03 bits per heavy atom. The first-order valence-electron chi connectivity index (χ1n) is 9.55. The topological polar surface area (TPSA) is 66.5 Å². The number of anilines is 1. The number of hydrogen-bond acceptors (Lipinski definition) is 3. The van der Waals surface area contributed by atoms with Crippen molar-refractivity contribution in [3.8, 4) is 0 Å². The van der Waals surface area contributed by atoms with Gasteiger partial charge in [-0.2, -0.15) is 0 Å². The maximum absolute atomic E-state index is 13.3. The molecule has 1 aliphatic carbocycles. The van der Waals surface area contributed by atoms with E-state index >= 15 is 0 Å². The van der Waals surface area contributed by atoms with Crippen LogP contribution in [0.25, 0.3) is 0 Å². The number of amides is 3. The van der Waals surface area contributed by atoms with E-state index in [4.69, 9.17) is 0 Å². The maximum atomic E-state index is 13.3. The van der Waals surface area contributed by atoms with Gasteiger partial charge in [0.05, 0.1) is 23.6 Å². The number of fused-ring (bicyclic) bond motifs is 1. The van der Waals surface area contributed by atoms with Crippen LogP contribution in [0.2, 0.25) is 0 Å². The SMILES string of the molecule is Cc1cccc(C)c1N1C(=O)[C@H]2[C@@H](NC(=O)c3ccc(F)cc3)C=CC[C@H]2C1=O. The Hall–Kier alpha value is -3.28. The lowest BCUT2D eigenvalue weighted by Crippen LogP contribution is -2.45. The molecule has 6 heteroatoms. The first-order valence-corrected chi connectivity index (χ1v) is 9.55. The summed E-state index contributed by atoms with van der Waals surface area (Å²) in [4.78, 5) is 40.3. The van der Waals surface area contributed by atoms with E-state index < -0.39 is 29.6 Å². The van der Waals surface area contributed by atoms with Gasteiger partial charge in [-0.1, -0.05) is 30.4 Å². The number of nitrogens with one attached hydrogen (secondary N) is 1. The molecule has 3 amide bonds. The summed E-state index contributed by atoms with van der Waals surface area (Å²) in [6.07, 6.45) is 4.05. The van der Waals surface area contributed by atoms with Crippen LogP contribution in [0.5, 0.6) is 0 Å². The number of allylic oxidation sites excluding steroid dienone is 1. The summed E-state index contributed by atoms with van der Waals surface area (Å²) in [6, 6.07) is 10.2. The highest BCUT2D eigenvalue weighted by Gasteiger charge is 2.52. The Labute approximate surface area is 168 Å². The first kappa shape index (κ1) is 19.1. The van der Waals surface area contributed by atoms with Gasteiger partial charge in [-0.3, -0.25) is 14.4 Å². The van der Waals surface area contributed by atoms with E-state index in [1.54, 1.807) is 6.08 Å². The first-order chi connectivity index (χ1) is 13.9. The van der Waals surface area contributed by atoms with E-state index in [0.29, 0.717) is 17.7 Å². The van der Waals surface area contributed by atoms with E-state index in [9.17, 15) is 18.8 Å². The maximum Gasteiger partial charge on any atom is 0.251 e. The largest absolute Gasteiger partial charge is 0.345 e. The van der Waals surface area contributed by atoms with Crippen molar-refractivity contribution in [1.82, 2.24) is 5.32 Å². The van der Waals surface area contributed by atoms with Crippen LogP contribution in [-0.2, 0) is 9.59 Å². The van der Waals surface area contributed by atoms with Crippen LogP contribution in [0.1, 0.15) is 27.9 Å². The zero-order valence-corrected chi connectivity index (χ0v) is 16.2. The Balaban J connectivity index is 1.63. The number of halogens is 1. The van der Waals surface area contributed by atoms with E-state index in [-0.39, 0.29) is 11.8 Å². The van der Waals surface area contributed by atoms with Crippen LogP contribution in [0.4, 0.5) is 10.1 Å². The lowest BCUT2D eigenvalue weighted by Gasteiger charge is -2.27. The van der Waals surface area contributed by atoms with Gasteiger partial charge in [-0.25, -0.2) is 9.29 Å². The number of aryl methyl sites for hydroxylation is 2. The monoisotopic (exact) mass is 392 g/mol. The molecule has 0 spiro atoms. The molecule has 1 fully saturated rings. The molecule has 4 rings (SSSR count). The van der Waals surface area contributed by atoms with Gasteiger partial charge in [0.15, 0.2) is 0 Å². The summed E-state index contributed by atoms with van der Waals surface area (Å²) in [5, 5.41) is 2.83. The molecule has 148 valence electrons. The third kappa shape index (κ3) is 3.24. The molecule has 0 aromatic heterocycles. The van der Waals surface area contributed by atoms with Gasteiger partial charge in [0.1, 0.15) is 5.82 Å². The quantitative estimate of drug-likeness (QED) is 0.644. The summed E-state index contributed by atoms with van der Waals surface area (Å²) in [5.41, 5.74) is 2.63. The number of nitrogens with zero attached hydrogens (tertiary/aromatic N) is 1. The minimum absolute atomic E-state index is 0.234. The van der Waals surface area contributed by atoms with Gasteiger partial charge in [0, 0.05) is 5.56 Å². The highest BCUT2D eigenvalue weighted by molar-refractivity contribution is 6.23. The Bertz CT molecular complexity index is 1010. The van der Waals surface area contributed by atoms with Gasteiger partial charge in [-0.05, 0) is 55.7 Å². The standard InChI is InChI=1S/C23H21FN2O3/c1-13-5-3-6-14(2)20(13)26-22(28)17-7-4-8-18(19(17)23(26)29)25-21(27)15-9-11-16(24)12-10-15/h3-6,8-12,17-19H,7H2,1-2H3,(H,25,27)/t17-,18+,19-/m1/s1. The fourth-order valence-electron chi connectivity index (χ4n) is 4.24. The van der Waals surface area contributed by atoms with E-state index in [0.717, 1.165) is 11.1 Å². The second kappa shape index (κ2) is 7.28. The number of rotatable bonds is 3. The average Bonchev–Trinajstić information content (AvgIpc) is 2.94. The molecule has 1 saturated heterocycles. The van der Waals surface area contributed by atoms with Gasteiger partial charge in [0.2, 0.25) is 11.8 Å². The summed E-state index contributed by atoms with van der Waals surface area (Å²) in [6.45, 7) is 3.74. The zero-order valence-electron chi connectivity index (χ0n) is 16.2. The molecule has 1 heterocycles. The third-order valence-corrected chi connectivity index (χ3v) is 5.66. The predicted octanol–water partition coefficient (Wildman–Crippen LogP) is 3.31. The molecule has 0 radical (unpaired) electrons. The van der Waals surface area contributed by atoms with Crippen molar-refractivity contribution in [3.63, 3.8) is 0 Å². The fourth-order valence-corrected chi connectivity index (χ4v) is 4.24.